The van der Waals surface area contributed by atoms with E-state index in [4.69, 9.17) is 0 Å². The number of rotatable bonds is 55. The second-order valence-corrected chi connectivity index (χ2v) is 29.2. The highest BCUT2D eigenvalue weighted by molar-refractivity contribution is 5.77. The van der Waals surface area contributed by atoms with Gasteiger partial charge < -0.3 is 30.7 Å². The fraction of sp³-hybridized carbons (Fsp3) is 0.910. The van der Waals surface area contributed by atoms with Crippen molar-refractivity contribution in [1.29, 1.82) is 0 Å². The van der Waals surface area contributed by atoms with Gasteiger partial charge in [-0.3, -0.25) is 34.0 Å². The van der Waals surface area contributed by atoms with Crippen LogP contribution in [-0.2, 0) is 14.4 Å². The lowest BCUT2D eigenvalue weighted by molar-refractivity contribution is -0.133. The second-order valence-electron chi connectivity index (χ2n) is 29.2. The molecular formula is C78H148N10O3. The predicted molar refractivity (Wildman–Crippen MR) is 388 cm³/mol. The van der Waals surface area contributed by atoms with Gasteiger partial charge in [-0.1, -0.05) is 231 Å². The Morgan fingerprint density at radius 1 is 0.363 bits per heavy atom. The van der Waals surface area contributed by atoms with E-state index < -0.39 is 0 Å². The minimum Gasteiger partial charge on any atom is -0.340 e. The number of nitrogens with zero attached hydrogens (tertiary/aromatic N) is 7. The lowest BCUT2D eigenvalue weighted by atomic mass is 9.66. The number of piperazine rings is 4. The van der Waals surface area contributed by atoms with Gasteiger partial charge in [-0.25, -0.2) is 0 Å². The Balaban J connectivity index is 0.884. The standard InChI is InChI=1S/C78H148N10O3/c1-4-7-10-13-15-16-17-18-19-20-21-22-23-29-36-43-76(89)86-66-62-84(63-67-86)58-52-81-53-59-85-64-70-88(71-65-85)78(91)45-38-31-25-28-35-42-75-73(47-46-72(39-32-12-9-6-3)74(75)41-34-27-14-11-8-5-2)40-33-26-24-30-37-44-77(90)87-68-60-83(61-69-87)57-51-80-50-56-82-54-48-79-49-55-82/h34,41,46-47,72-75,79-81H,4-33,35-40,42-45,48-71H2,1-3H3. The Labute approximate surface area is 562 Å². The van der Waals surface area contributed by atoms with E-state index in [1.54, 1.807) is 0 Å². The smallest absolute Gasteiger partial charge is 0.222 e. The molecule has 0 aromatic rings. The van der Waals surface area contributed by atoms with Gasteiger partial charge in [0.05, 0.1) is 0 Å². The highest BCUT2D eigenvalue weighted by atomic mass is 16.2. The fourth-order valence-corrected chi connectivity index (χ4v) is 15.5. The number of hydrogen-bond acceptors (Lipinski definition) is 10. The third-order valence-electron chi connectivity index (χ3n) is 21.8. The molecule has 1 aliphatic carbocycles. The van der Waals surface area contributed by atoms with E-state index in [0.29, 0.717) is 48.3 Å². The third-order valence-corrected chi connectivity index (χ3v) is 21.8. The zero-order chi connectivity index (χ0) is 64.3. The molecular weight excluding hydrogens is 1120 g/mol. The summed E-state index contributed by atoms with van der Waals surface area (Å²) < 4.78 is 0. The van der Waals surface area contributed by atoms with Gasteiger partial charge in [0, 0.05) is 176 Å². The first-order valence-corrected chi connectivity index (χ1v) is 40.1. The molecule has 13 heteroatoms. The highest BCUT2D eigenvalue weighted by Gasteiger charge is 2.34. The summed E-state index contributed by atoms with van der Waals surface area (Å²) in [6, 6.07) is 0. The lowest BCUT2D eigenvalue weighted by Gasteiger charge is -2.39. The van der Waals surface area contributed by atoms with Crippen LogP contribution in [0.4, 0.5) is 0 Å². The van der Waals surface area contributed by atoms with Crippen molar-refractivity contribution < 1.29 is 14.4 Å². The van der Waals surface area contributed by atoms with Gasteiger partial charge in [0.15, 0.2) is 0 Å². The zero-order valence-corrected chi connectivity index (χ0v) is 60.2. The average Bonchev–Trinajstić information content (AvgIpc) is 1.91. The maximum Gasteiger partial charge on any atom is 0.222 e. The number of nitrogens with one attached hydrogen (secondary N) is 3. The molecule has 0 aromatic carbocycles. The molecule has 528 valence electrons. The number of unbranched alkanes of at least 4 members (excludes halogenated alkanes) is 29. The number of allylic oxidation sites excluding steroid dienone is 4. The van der Waals surface area contributed by atoms with Crippen LogP contribution in [0, 0.1) is 23.7 Å². The molecule has 4 heterocycles. The van der Waals surface area contributed by atoms with Crippen molar-refractivity contribution in [2.45, 2.75) is 278 Å². The molecule has 4 fully saturated rings. The summed E-state index contributed by atoms with van der Waals surface area (Å²) in [6.45, 7) is 31.1. The van der Waals surface area contributed by atoms with E-state index in [-0.39, 0.29) is 0 Å². The van der Waals surface area contributed by atoms with Crippen LogP contribution in [-0.4, -0.2) is 209 Å². The van der Waals surface area contributed by atoms with Gasteiger partial charge in [-0.2, -0.15) is 0 Å². The normalized spacial score (nSPS) is 20.8. The number of carbonyl (C=O) groups is 3. The molecule has 4 aliphatic heterocycles. The summed E-state index contributed by atoms with van der Waals surface area (Å²) in [5, 5.41) is 10.8. The van der Waals surface area contributed by atoms with Crippen LogP contribution in [0.3, 0.4) is 0 Å². The second kappa shape index (κ2) is 53.7. The fourth-order valence-electron chi connectivity index (χ4n) is 15.5. The van der Waals surface area contributed by atoms with Gasteiger partial charge >= 0.3 is 0 Å². The van der Waals surface area contributed by atoms with E-state index in [1.807, 2.05) is 0 Å². The van der Waals surface area contributed by atoms with Gasteiger partial charge in [-0.05, 0) is 75.0 Å². The molecule has 0 aromatic heterocycles. The molecule has 3 amide bonds. The topological polar surface area (TPSA) is 110 Å². The summed E-state index contributed by atoms with van der Waals surface area (Å²) in [5.74, 6) is 3.83. The Kier molecular flexibility index (Phi) is 46.8. The maximum absolute atomic E-state index is 13.4. The molecule has 5 aliphatic rings. The van der Waals surface area contributed by atoms with Gasteiger partial charge in [0.25, 0.3) is 0 Å². The highest BCUT2D eigenvalue weighted by Crippen LogP contribution is 2.43. The molecule has 0 radical (unpaired) electrons. The van der Waals surface area contributed by atoms with Crippen LogP contribution in [0.5, 0.6) is 0 Å². The molecule has 0 spiro atoms. The molecule has 4 saturated heterocycles. The minimum absolute atomic E-state index is 0.365. The molecule has 3 N–H and O–H groups in total. The monoisotopic (exact) mass is 1270 g/mol. The maximum atomic E-state index is 13.4. The van der Waals surface area contributed by atoms with Gasteiger partial charge in [-0.15, -0.1) is 0 Å². The van der Waals surface area contributed by atoms with E-state index in [2.05, 4.69) is 95.3 Å². The molecule has 4 atom stereocenters. The Bertz CT molecular complexity index is 1810. The van der Waals surface area contributed by atoms with E-state index in [0.717, 1.165) is 195 Å². The van der Waals surface area contributed by atoms with Crippen molar-refractivity contribution in [2.75, 3.05) is 157 Å². The molecule has 0 saturated carbocycles. The van der Waals surface area contributed by atoms with Crippen LogP contribution in [0.2, 0.25) is 0 Å². The Morgan fingerprint density at radius 2 is 0.670 bits per heavy atom. The molecule has 13 nitrogen and oxygen atoms in total. The van der Waals surface area contributed by atoms with E-state index in [9.17, 15) is 14.4 Å². The van der Waals surface area contributed by atoms with Crippen molar-refractivity contribution in [2.24, 2.45) is 23.7 Å². The van der Waals surface area contributed by atoms with Crippen molar-refractivity contribution in [3.8, 4) is 0 Å². The summed E-state index contributed by atoms with van der Waals surface area (Å²) in [7, 11) is 0. The van der Waals surface area contributed by atoms with Gasteiger partial charge in [0.1, 0.15) is 0 Å². The first-order valence-electron chi connectivity index (χ1n) is 40.1. The minimum atomic E-state index is 0.365. The van der Waals surface area contributed by atoms with Crippen LogP contribution in [0.1, 0.15) is 278 Å². The zero-order valence-electron chi connectivity index (χ0n) is 60.2. The third kappa shape index (κ3) is 37.1. The molecule has 0 bridgehead atoms. The summed E-state index contributed by atoms with van der Waals surface area (Å²) in [6.07, 6.45) is 61.1. The number of amides is 3. The first kappa shape index (κ1) is 79.3. The van der Waals surface area contributed by atoms with Crippen LogP contribution in [0.25, 0.3) is 0 Å². The van der Waals surface area contributed by atoms with Gasteiger partial charge in [0.2, 0.25) is 17.7 Å². The largest absolute Gasteiger partial charge is 0.340 e. The summed E-state index contributed by atoms with van der Waals surface area (Å²) in [4.78, 5) is 56.1. The average molecular weight is 1270 g/mol. The SMILES string of the molecule is CCCCCCC=CC1C(CCCCCC)C=CC(CCCCCCCC(=O)N2CCN(CCNCCN3CCNCC3)CC2)C1CCCCCCCC(=O)N1CCN(CCNCCN2CCN(C(=O)CCCCCCCCCCCCCCCCC)CC2)CC1. The summed E-state index contributed by atoms with van der Waals surface area (Å²) >= 11 is 0. The molecule has 91 heavy (non-hydrogen) atoms. The number of carbonyl (C=O) groups excluding carboxylic acids is 3. The van der Waals surface area contributed by atoms with Crippen LogP contribution < -0.4 is 16.0 Å². The Hall–Kier alpha value is -2.39. The van der Waals surface area contributed by atoms with Crippen molar-refractivity contribution in [3.05, 3.63) is 24.3 Å². The van der Waals surface area contributed by atoms with Crippen LogP contribution >= 0.6 is 0 Å². The van der Waals surface area contributed by atoms with E-state index in [1.165, 1.54) is 212 Å². The van der Waals surface area contributed by atoms with Crippen molar-refractivity contribution in [1.82, 2.24) is 50.2 Å². The first-order chi connectivity index (χ1) is 44.9. The number of hydrogen-bond donors (Lipinski definition) is 3. The molecule has 4 unspecified atom stereocenters. The summed E-state index contributed by atoms with van der Waals surface area (Å²) in [5.41, 5.74) is 0. The van der Waals surface area contributed by atoms with Crippen molar-refractivity contribution in [3.63, 3.8) is 0 Å². The lowest BCUT2D eigenvalue weighted by Crippen LogP contribution is -2.51. The van der Waals surface area contributed by atoms with E-state index >= 15 is 0 Å². The van der Waals surface area contributed by atoms with Crippen molar-refractivity contribution >= 4 is 17.7 Å². The quantitative estimate of drug-likeness (QED) is 0.0402. The Morgan fingerprint density at radius 3 is 1.07 bits per heavy atom. The van der Waals surface area contributed by atoms with Crippen LogP contribution in [0.15, 0.2) is 24.3 Å². The molecule has 5 rings (SSSR count). The predicted octanol–water partition coefficient (Wildman–Crippen LogP) is 14.8.